The number of ether oxygens (including phenoxy) is 1. The normalized spacial score (nSPS) is 42.0. The van der Waals surface area contributed by atoms with Crippen LogP contribution in [0.25, 0.3) is 0 Å². The average Bonchev–Trinajstić information content (AvgIpc) is 2.85. The van der Waals surface area contributed by atoms with Gasteiger partial charge in [0.15, 0.2) is 11.6 Å². The van der Waals surface area contributed by atoms with Crippen molar-refractivity contribution >= 4 is 17.7 Å². The van der Waals surface area contributed by atoms with E-state index in [0.29, 0.717) is 6.54 Å². The SMILES string of the molecule is CC1(C)CC[C@]2(CNC(=O)OC(C)(C)C)CC[C@]3(C)C(C(=O)C=C4[C@@]5(C)C=C(C#N)C(=O)C(C)(C)[C@@H]5CC[C@]43C)[C@@H]2C1. The predicted octanol–water partition coefficient (Wildman–Crippen LogP) is 7.73. The number of carbonyl (C=O) groups is 3. The van der Waals surface area contributed by atoms with Gasteiger partial charge < -0.3 is 10.1 Å². The molecule has 0 radical (unpaired) electrons. The highest BCUT2D eigenvalue weighted by Crippen LogP contribution is 2.74. The van der Waals surface area contributed by atoms with E-state index in [-0.39, 0.29) is 56.6 Å². The number of alkyl carbamates (subject to hydrolysis) is 1. The highest BCUT2D eigenvalue weighted by atomic mass is 16.6. The van der Waals surface area contributed by atoms with Crippen molar-refractivity contribution in [3.05, 3.63) is 23.3 Å². The molecule has 5 rings (SSSR count). The largest absolute Gasteiger partial charge is 0.444 e. The maximum atomic E-state index is 14.6. The number of Topliss-reactive ketones (excluding diaryl/α,β-unsaturated/α-hetero) is 1. The predicted molar refractivity (Wildman–Crippen MR) is 163 cm³/mol. The molecule has 0 heterocycles. The van der Waals surface area contributed by atoms with Crippen LogP contribution in [0.15, 0.2) is 23.3 Å². The van der Waals surface area contributed by atoms with Gasteiger partial charge in [-0.1, -0.05) is 60.1 Å². The molecule has 42 heavy (non-hydrogen) atoms. The van der Waals surface area contributed by atoms with Crippen LogP contribution in [0.3, 0.4) is 0 Å². The lowest BCUT2D eigenvalue weighted by atomic mass is 9.34. The molecule has 0 aromatic rings. The monoisotopic (exact) mass is 576 g/mol. The van der Waals surface area contributed by atoms with E-state index < -0.39 is 22.5 Å². The first-order chi connectivity index (χ1) is 19.2. The molecule has 0 spiro atoms. The fourth-order valence-corrected chi connectivity index (χ4v) is 10.6. The van der Waals surface area contributed by atoms with Gasteiger partial charge in [-0.15, -0.1) is 0 Å². The first-order valence-electron chi connectivity index (χ1n) is 16.1. The first kappa shape index (κ1) is 31.0. The van der Waals surface area contributed by atoms with Crippen molar-refractivity contribution in [1.29, 1.82) is 5.26 Å². The van der Waals surface area contributed by atoms with E-state index in [0.717, 1.165) is 50.5 Å². The number of fused-ring (bicyclic) bond motifs is 7. The summed E-state index contributed by atoms with van der Waals surface area (Å²) < 4.78 is 5.61. The summed E-state index contributed by atoms with van der Waals surface area (Å²) >= 11 is 0. The van der Waals surface area contributed by atoms with E-state index in [1.165, 1.54) is 0 Å². The van der Waals surface area contributed by atoms with Gasteiger partial charge in [0, 0.05) is 23.3 Å². The standard InChI is InChI=1S/C36H52N2O4/c1-30(2,3)42-29(41)38-21-36-15-13-31(4,5)19-23(36)27-24(39)17-26-33(8)18-22(20-37)28(40)32(6,7)25(33)11-12-34(26,9)35(27,10)14-16-36/h17-18,23,25,27H,11-16,19,21H2,1-10H3,(H,38,41)/t23-,25-,27?,33-,34+,35+,36+/m0/s1. The van der Waals surface area contributed by atoms with E-state index in [2.05, 4.69) is 46.0 Å². The second kappa shape index (κ2) is 9.29. The van der Waals surface area contributed by atoms with Crippen molar-refractivity contribution in [1.82, 2.24) is 5.32 Å². The Labute approximate surface area is 253 Å². The Balaban J connectivity index is 1.59. The highest BCUT2D eigenvalue weighted by molar-refractivity contribution is 6.04. The molecule has 6 heteroatoms. The molecule has 7 atom stereocenters. The number of hydrogen-bond acceptors (Lipinski definition) is 5. The van der Waals surface area contributed by atoms with Crippen molar-refractivity contribution in [3.63, 3.8) is 0 Å². The second-order valence-electron chi connectivity index (χ2n) is 17.5. The molecule has 230 valence electrons. The van der Waals surface area contributed by atoms with Crippen molar-refractivity contribution in [3.8, 4) is 6.07 Å². The van der Waals surface area contributed by atoms with Crippen molar-refractivity contribution in [2.75, 3.05) is 6.54 Å². The van der Waals surface area contributed by atoms with Crippen LogP contribution in [-0.2, 0) is 14.3 Å². The fraction of sp³-hybridized carbons (Fsp3) is 0.778. The van der Waals surface area contributed by atoms with E-state index in [1.807, 2.05) is 46.8 Å². The minimum Gasteiger partial charge on any atom is -0.444 e. The molecule has 5 aliphatic rings. The number of nitrogens with zero attached hydrogens (tertiary/aromatic N) is 1. The summed E-state index contributed by atoms with van der Waals surface area (Å²) in [6.07, 6.45) is 10.1. The Morgan fingerprint density at radius 2 is 1.67 bits per heavy atom. The Bertz CT molecular complexity index is 1320. The molecule has 0 aromatic heterocycles. The van der Waals surface area contributed by atoms with Crippen LogP contribution in [0, 0.1) is 61.6 Å². The summed E-state index contributed by atoms with van der Waals surface area (Å²) in [4.78, 5) is 40.7. The summed E-state index contributed by atoms with van der Waals surface area (Å²) in [6, 6.07) is 2.20. The third kappa shape index (κ3) is 4.34. The first-order valence-corrected chi connectivity index (χ1v) is 16.1. The van der Waals surface area contributed by atoms with Gasteiger partial charge in [0.2, 0.25) is 0 Å². The van der Waals surface area contributed by atoms with Crippen molar-refractivity contribution in [2.24, 2.45) is 50.2 Å². The lowest BCUT2D eigenvalue weighted by molar-refractivity contribution is -0.170. The van der Waals surface area contributed by atoms with Crippen LogP contribution in [0.5, 0.6) is 0 Å². The minimum absolute atomic E-state index is 0.0381. The van der Waals surface area contributed by atoms with Gasteiger partial charge >= 0.3 is 6.09 Å². The smallest absolute Gasteiger partial charge is 0.407 e. The molecule has 1 unspecified atom stereocenters. The second-order valence-corrected chi connectivity index (χ2v) is 17.5. The Morgan fingerprint density at radius 1 is 1.02 bits per heavy atom. The van der Waals surface area contributed by atoms with Crippen LogP contribution in [0.1, 0.15) is 114 Å². The number of carbonyl (C=O) groups excluding carboxylic acids is 3. The summed E-state index contributed by atoms with van der Waals surface area (Å²) in [5.74, 6) is 0.163. The zero-order chi connectivity index (χ0) is 31.3. The number of hydrogen-bond donors (Lipinski definition) is 1. The van der Waals surface area contributed by atoms with Gasteiger partial charge in [0.05, 0.1) is 5.57 Å². The molecular weight excluding hydrogens is 524 g/mol. The fourth-order valence-electron chi connectivity index (χ4n) is 10.6. The summed E-state index contributed by atoms with van der Waals surface area (Å²) in [7, 11) is 0. The van der Waals surface area contributed by atoms with Crippen molar-refractivity contribution in [2.45, 2.75) is 120 Å². The zero-order valence-electron chi connectivity index (χ0n) is 27.6. The third-order valence-electron chi connectivity index (χ3n) is 13.0. The Morgan fingerprint density at radius 3 is 2.29 bits per heavy atom. The maximum absolute atomic E-state index is 14.6. The average molecular weight is 577 g/mol. The molecule has 3 saturated carbocycles. The lowest BCUT2D eigenvalue weighted by Gasteiger charge is -2.69. The molecule has 3 fully saturated rings. The summed E-state index contributed by atoms with van der Waals surface area (Å²) in [6.45, 7) is 21.7. The number of rotatable bonds is 2. The number of nitriles is 1. The molecule has 0 bridgehead atoms. The molecule has 0 aromatic carbocycles. The Hall–Kier alpha value is -2.42. The Kier molecular flexibility index (Phi) is 6.86. The quantitative estimate of drug-likeness (QED) is 0.363. The van der Waals surface area contributed by atoms with E-state index in [1.54, 1.807) is 0 Å². The maximum Gasteiger partial charge on any atom is 0.407 e. The van der Waals surface area contributed by atoms with Gasteiger partial charge in [0.25, 0.3) is 0 Å². The summed E-state index contributed by atoms with van der Waals surface area (Å²) in [5.41, 5.74) is -0.946. The van der Waals surface area contributed by atoms with Crippen LogP contribution in [0.2, 0.25) is 0 Å². The van der Waals surface area contributed by atoms with Crippen LogP contribution < -0.4 is 5.32 Å². The number of ketones is 2. The van der Waals surface area contributed by atoms with Crippen LogP contribution in [0.4, 0.5) is 4.79 Å². The highest BCUT2D eigenvalue weighted by Gasteiger charge is 2.69. The van der Waals surface area contributed by atoms with Gasteiger partial charge in [0.1, 0.15) is 11.7 Å². The molecule has 1 N–H and O–H groups in total. The van der Waals surface area contributed by atoms with Crippen LogP contribution in [-0.4, -0.2) is 29.8 Å². The lowest BCUT2D eigenvalue weighted by Crippen LogP contribution is -2.65. The minimum atomic E-state index is -0.667. The van der Waals surface area contributed by atoms with E-state index in [9.17, 15) is 19.6 Å². The molecule has 0 saturated heterocycles. The number of nitrogens with one attached hydrogen (secondary N) is 1. The van der Waals surface area contributed by atoms with Gasteiger partial charge in [-0.3, -0.25) is 9.59 Å². The third-order valence-corrected chi connectivity index (χ3v) is 13.0. The molecular formula is C36H52N2O4. The molecule has 0 aliphatic heterocycles. The molecule has 1 amide bonds. The summed E-state index contributed by atoms with van der Waals surface area (Å²) in [5, 5.41) is 13.1. The number of amides is 1. The van der Waals surface area contributed by atoms with Gasteiger partial charge in [-0.2, -0.15) is 5.26 Å². The van der Waals surface area contributed by atoms with Gasteiger partial charge in [-0.05, 0) is 105 Å². The van der Waals surface area contributed by atoms with Crippen molar-refractivity contribution < 1.29 is 19.1 Å². The van der Waals surface area contributed by atoms with Crippen LogP contribution >= 0.6 is 0 Å². The van der Waals surface area contributed by atoms with E-state index >= 15 is 0 Å². The van der Waals surface area contributed by atoms with Gasteiger partial charge in [-0.25, -0.2) is 4.79 Å². The molecule has 5 aliphatic carbocycles. The van der Waals surface area contributed by atoms with E-state index in [4.69, 9.17) is 4.74 Å². The molecule has 6 nitrogen and oxygen atoms in total. The zero-order valence-corrected chi connectivity index (χ0v) is 27.6. The number of allylic oxidation sites excluding steroid dienone is 4. The topological polar surface area (TPSA) is 96.3 Å².